The van der Waals surface area contributed by atoms with Crippen molar-refractivity contribution in [3.05, 3.63) is 24.8 Å². The molecular formula is C14H18N4S. The third-order valence-corrected chi connectivity index (χ3v) is 5.66. The van der Waals surface area contributed by atoms with Gasteiger partial charge >= 0.3 is 0 Å². The molecule has 0 radical (unpaired) electrons. The van der Waals surface area contributed by atoms with Crippen molar-refractivity contribution in [3.8, 4) is 0 Å². The predicted octanol–water partition coefficient (Wildman–Crippen LogP) is 2.67. The fourth-order valence-corrected chi connectivity index (χ4v) is 4.62. The molecule has 2 aromatic rings. The SMILES string of the molecule is c1cn2ccnc2c(NCC2CC23CCSCC3)n1. The van der Waals surface area contributed by atoms with E-state index in [1.165, 1.54) is 30.8 Å². The Morgan fingerprint density at radius 3 is 2.89 bits per heavy atom. The second-order valence-electron chi connectivity index (χ2n) is 5.69. The number of aromatic nitrogens is 3. The van der Waals surface area contributed by atoms with Gasteiger partial charge in [-0.15, -0.1) is 0 Å². The minimum atomic E-state index is 0.665. The maximum absolute atomic E-state index is 4.41. The van der Waals surface area contributed by atoms with Gasteiger partial charge in [-0.25, -0.2) is 9.97 Å². The number of hydrogen-bond acceptors (Lipinski definition) is 4. The molecule has 1 N–H and O–H groups in total. The second-order valence-corrected chi connectivity index (χ2v) is 6.92. The fraction of sp³-hybridized carbons (Fsp3) is 0.571. The largest absolute Gasteiger partial charge is 0.367 e. The molecule has 100 valence electrons. The zero-order chi connectivity index (χ0) is 12.7. The molecule has 2 fully saturated rings. The highest BCUT2D eigenvalue weighted by Gasteiger charge is 2.53. The van der Waals surface area contributed by atoms with Crippen molar-refractivity contribution in [1.82, 2.24) is 14.4 Å². The van der Waals surface area contributed by atoms with Crippen LogP contribution in [0.15, 0.2) is 24.8 Å². The number of thioether (sulfide) groups is 1. The summed E-state index contributed by atoms with van der Waals surface area (Å²) in [6.07, 6.45) is 11.8. The average molecular weight is 274 g/mol. The first-order chi connectivity index (χ1) is 9.37. The molecule has 1 spiro atoms. The normalized spacial score (nSPS) is 24.7. The summed E-state index contributed by atoms with van der Waals surface area (Å²) in [6.45, 7) is 1.05. The highest BCUT2D eigenvalue weighted by atomic mass is 32.2. The summed E-state index contributed by atoms with van der Waals surface area (Å²) >= 11 is 2.11. The molecule has 4 rings (SSSR count). The molecule has 0 amide bonds. The summed E-state index contributed by atoms with van der Waals surface area (Å²) in [4.78, 5) is 8.77. The van der Waals surface area contributed by atoms with Gasteiger partial charge in [0.1, 0.15) is 0 Å². The lowest BCUT2D eigenvalue weighted by molar-refractivity contribution is 0.425. The van der Waals surface area contributed by atoms with Crippen molar-refractivity contribution >= 4 is 23.2 Å². The molecule has 1 saturated carbocycles. The first-order valence-corrected chi connectivity index (χ1v) is 8.12. The number of hydrogen-bond donors (Lipinski definition) is 1. The van der Waals surface area contributed by atoms with Gasteiger partial charge in [0.05, 0.1) is 0 Å². The van der Waals surface area contributed by atoms with Gasteiger partial charge in [0.25, 0.3) is 0 Å². The molecule has 2 aliphatic rings. The molecule has 1 aliphatic heterocycles. The summed E-state index contributed by atoms with van der Waals surface area (Å²) in [7, 11) is 0. The van der Waals surface area contributed by atoms with Crippen LogP contribution in [0.3, 0.4) is 0 Å². The predicted molar refractivity (Wildman–Crippen MR) is 78.6 cm³/mol. The lowest BCUT2D eigenvalue weighted by Gasteiger charge is -2.22. The fourth-order valence-electron chi connectivity index (χ4n) is 3.31. The topological polar surface area (TPSA) is 42.2 Å². The average Bonchev–Trinajstić information content (AvgIpc) is 2.89. The Hall–Kier alpha value is -1.23. The van der Waals surface area contributed by atoms with E-state index in [1.807, 2.05) is 29.2 Å². The van der Waals surface area contributed by atoms with Crippen molar-refractivity contribution in [2.45, 2.75) is 19.3 Å². The van der Waals surface area contributed by atoms with Crippen molar-refractivity contribution in [3.63, 3.8) is 0 Å². The second kappa shape index (κ2) is 4.40. The molecule has 5 heteroatoms. The van der Waals surface area contributed by atoms with Crippen LogP contribution in [0.5, 0.6) is 0 Å². The maximum Gasteiger partial charge on any atom is 0.180 e. The quantitative estimate of drug-likeness (QED) is 0.934. The molecule has 4 nitrogen and oxygen atoms in total. The lowest BCUT2D eigenvalue weighted by Crippen LogP contribution is -2.17. The van der Waals surface area contributed by atoms with Crippen LogP contribution in [-0.2, 0) is 0 Å². The number of nitrogens with zero attached hydrogens (tertiary/aromatic N) is 3. The number of fused-ring (bicyclic) bond motifs is 1. The molecular weight excluding hydrogens is 256 g/mol. The Bertz CT molecular complexity index is 588. The van der Waals surface area contributed by atoms with E-state index in [0.29, 0.717) is 5.41 Å². The van der Waals surface area contributed by atoms with Gasteiger partial charge in [-0.3, -0.25) is 0 Å². The third-order valence-electron chi connectivity index (χ3n) is 4.67. The van der Waals surface area contributed by atoms with E-state index >= 15 is 0 Å². The Balaban J connectivity index is 1.44. The van der Waals surface area contributed by atoms with E-state index in [0.717, 1.165) is 23.9 Å². The van der Waals surface area contributed by atoms with Crippen LogP contribution >= 0.6 is 11.8 Å². The van der Waals surface area contributed by atoms with Crippen LogP contribution in [-0.4, -0.2) is 32.4 Å². The number of anilines is 1. The van der Waals surface area contributed by atoms with Crippen LogP contribution < -0.4 is 5.32 Å². The van der Waals surface area contributed by atoms with Crippen LogP contribution in [0.1, 0.15) is 19.3 Å². The standard InChI is InChI=1S/C14H18N4S/c1-7-19-8-2-14(1)9-11(14)10-17-12-13-16-4-6-18(13)5-3-15-12/h3-6,11H,1-2,7-10H2,(H,15,17). The van der Waals surface area contributed by atoms with Gasteiger partial charge in [-0.2, -0.15) is 11.8 Å². The zero-order valence-corrected chi connectivity index (χ0v) is 11.7. The van der Waals surface area contributed by atoms with Crippen molar-refractivity contribution in [2.75, 3.05) is 23.4 Å². The van der Waals surface area contributed by atoms with Crippen molar-refractivity contribution in [1.29, 1.82) is 0 Å². The molecule has 1 unspecified atom stereocenters. The number of nitrogens with one attached hydrogen (secondary N) is 1. The minimum absolute atomic E-state index is 0.665. The summed E-state index contributed by atoms with van der Waals surface area (Å²) in [5.41, 5.74) is 1.59. The summed E-state index contributed by atoms with van der Waals surface area (Å²) in [5.74, 6) is 4.46. The molecule has 1 aliphatic carbocycles. The summed E-state index contributed by atoms with van der Waals surface area (Å²) in [5, 5.41) is 3.51. The van der Waals surface area contributed by atoms with Crippen LogP contribution in [0.25, 0.3) is 5.65 Å². The highest BCUT2D eigenvalue weighted by Crippen LogP contribution is 2.60. The van der Waals surface area contributed by atoms with Gasteiger partial charge in [0.2, 0.25) is 0 Å². The van der Waals surface area contributed by atoms with Gasteiger partial charge in [-0.05, 0) is 42.1 Å². The summed E-state index contributed by atoms with van der Waals surface area (Å²) in [6, 6.07) is 0. The molecule has 0 bridgehead atoms. The minimum Gasteiger partial charge on any atom is -0.367 e. The molecule has 1 saturated heterocycles. The Labute approximate surface area is 117 Å². The molecule has 2 aromatic heterocycles. The third kappa shape index (κ3) is 2.00. The lowest BCUT2D eigenvalue weighted by atomic mass is 9.96. The highest BCUT2D eigenvalue weighted by molar-refractivity contribution is 7.99. The van der Waals surface area contributed by atoms with E-state index in [4.69, 9.17) is 0 Å². The van der Waals surface area contributed by atoms with Crippen molar-refractivity contribution in [2.24, 2.45) is 11.3 Å². The zero-order valence-electron chi connectivity index (χ0n) is 10.9. The monoisotopic (exact) mass is 274 g/mol. The first-order valence-electron chi connectivity index (χ1n) is 6.97. The first kappa shape index (κ1) is 11.6. The van der Waals surface area contributed by atoms with Crippen molar-refractivity contribution < 1.29 is 0 Å². The Kier molecular flexibility index (Phi) is 2.69. The summed E-state index contributed by atoms with van der Waals surface area (Å²) < 4.78 is 2.01. The van der Waals surface area contributed by atoms with Crippen LogP contribution in [0, 0.1) is 11.3 Å². The molecule has 1 atom stereocenters. The van der Waals surface area contributed by atoms with E-state index < -0.39 is 0 Å². The Morgan fingerprint density at radius 1 is 1.26 bits per heavy atom. The van der Waals surface area contributed by atoms with Crippen LogP contribution in [0.4, 0.5) is 5.82 Å². The number of rotatable bonds is 3. The van der Waals surface area contributed by atoms with Gasteiger partial charge in [-0.1, -0.05) is 0 Å². The van der Waals surface area contributed by atoms with Gasteiger partial charge < -0.3 is 9.72 Å². The van der Waals surface area contributed by atoms with Gasteiger partial charge in [0, 0.05) is 31.3 Å². The molecule has 0 aromatic carbocycles. The van der Waals surface area contributed by atoms with E-state index in [2.05, 4.69) is 27.0 Å². The van der Waals surface area contributed by atoms with Gasteiger partial charge in [0.15, 0.2) is 11.5 Å². The van der Waals surface area contributed by atoms with E-state index in [9.17, 15) is 0 Å². The van der Waals surface area contributed by atoms with Crippen LogP contribution in [0.2, 0.25) is 0 Å². The molecule has 19 heavy (non-hydrogen) atoms. The number of imidazole rings is 1. The van der Waals surface area contributed by atoms with E-state index in [1.54, 1.807) is 0 Å². The smallest absolute Gasteiger partial charge is 0.180 e. The van der Waals surface area contributed by atoms with E-state index in [-0.39, 0.29) is 0 Å². The molecule has 3 heterocycles. The maximum atomic E-state index is 4.41. The Morgan fingerprint density at radius 2 is 2.05 bits per heavy atom.